The third kappa shape index (κ3) is 2.98. The van der Waals surface area contributed by atoms with Crippen molar-refractivity contribution in [3.05, 3.63) is 0 Å². The van der Waals surface area contributed by atoms with Crippen LogP contribution in [0.2, 0.25) is 0 Å². The molecular weight excluding hydrogens is 156 g/mol. The Labute approximate surface area is 71.9 Å². The molecule has 0 radical (unpaired) electrons. The predicted octanol–water partition coefficient (Wildman–Crippen LogP) is 1.86. The van der Waals surface area contributed by atoms with Crippen LogP contribution in [0.5, 0.6) is 0 Å². The zero-order valence-corrected chi connectivity index (χ0v) is 7.32. The molecule has 0 heterocycles. The number of ketones is 1. The fourth-order valence-corrected chi connectivity index (χ4v) is 2.43. The number of carbonyl (C=O) groups is 1. The van der Waals surface area contributed by atoms with Crippen LogP contribution >= 0.6 is 11.8 Å². The van der Waals surface area contributed by atoms with Gasteiger partial charge in [-0.25, -0.2) is 0 Å². The maximum atomic E-state index is 10.7. The Hall–Kier alpha value is -0.420. The highest BCUT2D eigenvalue weighted by atomic mass is 32.2. The van der Waals surface area contributed by atoms with Crippen molar-refractivity contribution in [2.24, 2.45) is 0 Å². The molecule has 60 valence electrons. The van der Waals surface area contributed by atoms with E-state index in [1.807, 2.05) is 0 Å². The van der Waals surface area contributed by atoms with E-state index < -0.39 is 0 Å². The number of carbonyl (C=O) groups excluding carboxylic acids is 1. The Kier molecular flexibility index (Phi) is 3.51. The molecule has 1 aliphatic rings. The Morgan fingerprint density at radius 3 is 2.73 bits per heavy atom. The van der Waals surface area contributed by atoms with Crippen molar-refractivity contribution < 1.29 is 4.79 Å². The lowest BCUT2D eigenvalue weighted by molar-refractivity contribution is -0.111. The van der Waals surface area contributed by atoms with E-state index in [1.165, 1.54) is 25.7 Å². The summed E-state index contributed by atoms with van der Waals surface area (Å²) in [5.74, 6) is 2.58. The van der Waals surface area contributed by atoms with E-state index in [0.29, 0.717) is 11.0 Å². The van der Waals surface area contributed by atoms with Crippen molar-refractivity contribution in [3.63, 3.8) is 0 Å². The molecule has 0 aromatic rings. The van der Waals surface area contributed by atoms with E-state index in [9.17, 15) is 4.79 Å². The van der Waals surface area contributed by atoms with Gasteiger partial charge in [0, 0.05) is 5.25 Å². The molecule has 1 aliphatic carbocycles. The van der Waals surface area contributed by atoms with Crippen molar-refractivity contribution >= 4 is 17.5 Å². The summed E-state index contributed by atoms with van der Waals surface area (Å²) in [6, 6.07) is 0. The Morgan fingerprint density at radius 1 is 1.55 bits per heavy atom. The largest absolute Gasteiger partial charge is 0.284 e. The average Bonchev–Trinajstić information content (AvgIpc) is 2.52. The maximum absolute atomic E-state index is 10.7. The molecule has 0 aliphatic heterocycles. The van der Waals surface area contributed by atoms with E-state index >= 15 is 0 Å². The minimum absolute atomic E-state index is 0.0677. The molecule has 0 saturated heterocycles. The average molecular weight is 168 g/mol. The third-order valence-corrected chi connectivity index (χ3v) is 3.28. The molecule has 11 heavy (non-hydrogen) atoms. The van der Waals surface area contributed by atoms with Gasteiger partial charge in [0.2, 0.25) is 5.78 Å². The molecule has 1 nitrogen and oxygen atoms in total. The van der Waals surface area contributed by atoms with E-state index in [1.54, 1.807) is 11.8 Å². The summed E-state index contributed by atoms with van der Waals surface area (Å²) in [6.45, 7) is 0. The molecule has 2 heteroatoms. The van der Waals surface area contributed by atoms with Crippen LogP contribution < -0.4 is 0 Å². The number of thioether (sulfide) groups is 1. The molecule has 0 atom stereocenters. The van der Waals surface area contributed by atoms with Gasteiger partial charge in [-0.05, 0) is 18.8 Å². The first-order valence-corrected chi connectivity index (χ1v) is 4.99. The van der Waals surface area contributed by atoms with Gasteiger partial charge in [-0.3, -0.25) is 4.79 Å². The zero-order valence-electron chi connectivity index (χ0n) is 6.51. The van der Waals surface area contributed by atoms with Gasteiger partial charge in [0.15, 0.2) is 0 Å². The lowest BCUT2D eigenvalue weighted by atomic mass is 10.4. The second kappa shape index (κ2) is 4.46. The minimum atomic E-state index is -0.0677. The van der Waals surface area contributed by atoms with E-state index in [4.69, 9.17) is 6.42 Å². The van der Waals surface area contributed by atoms with Gasteiger partial charge in [0.05, 0.1) is 5.75 Å². The highest BCUT2D eigenvalue weighted by molar-refractivity contribution is 8.00. The van der Waals surface area contributed by atoms with Gasteiger partial charge in [0.25, 0.3) is 0 Å². The summed E-state index contributed by atoms with van der Waals surface area (Å²) < 4.78 is 0. The maximum Gasteiger partial charge on any atom is 0.215 e. The third-order valence-electron chi connectivity index (χ3n) is 1.91. The van der Waals surface area contributed by atoms with Crippen LogP contribution in [0.1, 0.15) is 25.7 Å². The topological polar surface area (TPSA) is 17.1 Å². The number of hydrogen-bond donors (Lipinski definition) is 0. The lowest BCUT2D eigenvalue weighted by Gasteiger charge is -2.04. The second-order valence-corrected chi connectivity index (χ2v) is 4.07. The van der Waals surface area contributed by atoms with Crippen molar-refractivity contribution in [3.8, 4) is 12.3 Å². The first-order chi connectivity index (χ1) is 5.33. The van der Waals surface area contributed by atoms with Crippen LogP contribution in [0, 0.1) is 12.3 Å². The molecule has 1 saturated carbocycles. The number of terminal acetylenes is 1. The van der Waals surface area contributed by atoms with Crippen molar-refractivity contribution in [2.75, 3.05) is 5.75 Å². The smallest absolute Gasteiger partial charge is 0.215 e. The van der Waals surface area contributed by atoms with Crippen LogP contribution in [-0.2, 0) is 4.79 Å². The van der Waals surface area contributed by atoms with Crippen molar-refractivity contribution in [1.82, 2.24) is 0 Å². The van der Waals surface area contributed by atoms with Gasteiger partial charge < -0.3 is 0 Å². The summed E-state index contributed by atoms with van der Waals surface area (Å²) >= 11 is 1.72. The lowest BCUT2D eigenvalue weighted by Crippen LogP contribution is -2.02. The molecular formula is C9H12OS. The quantitative estimate of drug-likeness (QED) is 0.472. The van der Waals surface area contributed by atoms with Gasteiger partial charge in [-0.2, -0.15) is 0 Å². The molecule has 0 aromatic heterocycles. The molecule has 1 rings (SSSR count). The first kappa shape index (κ1) is 8.67. The number of hydrogen-bond acceptors (Lipinski definition) is 2. The Balaban J connectivity index is 2.12. The van der Waals surface area contributed by atoms with Crippen LogP contribution in [-0.4, -0.2) is 16.8 Å². The van der Waals surface area contributed by atoms with Gasteiger partial charge >= 0.3 is 0 Å². The molecule has 0 spiro atoms. The predicted molar refractivity (Wildman–Crippen MR) is 48.6 cm³/mol. The summed E-state index contributed by atoms with van der Waals surface area (Å²) in [5.41, 5.74) is 0. The van der Waals surface area contributed by atoms with Gasteiger partial charge in [-0.15, -0.1) is 18.2 Å². The second-order valence-electron chi connectivity index (χ2n) is 2.78. The summed E-state index contributed by atoms with van der Waals surface area (Å²) in [5, 5.41) is 0.701. The molecule has 0 bridgehead atoms. The summed E-state index contributed by atoms with van der Waals surface area (Å²) in [7, 11) is 0. The van der Waals surface area contributed by atoms with Crippen LogP contribution in [0.4, 0.5) is 0 Å². The SMILES string of the molecule is C#CC(=O)CSC1CCCC1. The molecule has 0 unspecified atom stereocenters. The van der Waals surface area contributed by atoms with Gasteiger partial charge in [0.1, 0.15) is 0 Å². The van der Waals surface area contributed by atoms with Crippen LogP contribution in [0.3, 0.4) is 0 Å². The molecule has 1 fully saturated rings. The number of rotatable bonds is 3. The molecule has 0 aromatic carbocycles. The molecule has 0 N–H and O–H groups in total. The normalized spacial score (nSPS) is 18.1. The minimum Gasteiger partial charge on any atom is -0.284 e. The highest BCUT2D eigenvalue weighted by Crippen LogP contribution is 2.28. The molecule has 0 amide bonds. The fourth-order valence-electron chi connectivity index (χ4n) is 1.29. The summed E-state index contributed by atoms with van der Waals surface area (Å²) in [4.78, 5) is 10.7. The number of Topliss-reactive ketones (excluding diaryl/α,β-unsaturated/α-hetero) is 1. The van der Waals surface area contributed by atoms with Crippen molar-refractivity contribution in [1.29, 1.82) is 0 Å². The van der Waals surface area contributed by atoms with Crippen molar-refractivity contribution in [2.45, 2.75) is 30.9 Å². The standard InChI is InChI=1S/C9H12OS/c1-2-8(10)7-11-9-5-3-4-6-9/h1,9H,3-7H2. The Bertz CT molecular complexity index is 174. The van der Waals surface area contributed by atoms with Crippen LogP contribution in [0.25, 0.3) is 0 Å². The zero-order chi connectivity index (χ0) is 8.10. The summed E-state index contributed by atoms with van der Waals surface area (Å²) in [6.07, 6.45) is 10.1. The van der Waals surface area contributed by atoms with Crippen LogP contribution in [0.15, 0.2) is 0 Å². The Morgan fingerprint density at radius 2 is 2.18 bits per heavy atom. The van der Waals surface area contributed by atoms with E-state index in [-0.39, 0.29) is 5.78 Å². The van der Waals surface area contributed by atoms with Gasteiger partial charge in [-0.1, -0.05) is 12.8 Å². The van der Waals surface area contributed by atoms with E-state index in [0.717, 1.165) is 0 Å². The van der Waals surface area contributed by atoms with E-state index in [2.05, 4.69) is 5.92 Å². The highest BCUT2D eigenvalue weighted by Gasteiger charge is 2.15. The first-order valence-electron chi connectivity index (χ1n) is 3.94. The monoisotopic (exact) mass is 168 g/mol. The fraction of sp³-hybridized carbons (Fsp3) is 0.667.